The zero-order valence-electron chi connectivity index (χ0n) is 17.5. The van der Waals surface area contributed by atoms with Crippen LogP contribution in [0.3, 0.4) is 0 Å². The molecule has 0 spiro atoms. The fourth-order valence-corrected chi connectivity index (χ4v) is 3.42. The quantitative estimate of drug-likeness (QED) is 0.593. The van der Waals surface area contributed by atoms with Crippen molar-refractivity contribution >= 4 is 5.91 Å². The summed E-state index contributed by atoms with van der Waals surface area (Å²) < 4.78 is 18.2. The second-order valence-electron chi connectivity index (χ2n) is 7.27. The van der Waals surface area contributed by atoms with Crippen LogP contribution in [0.2, 0.25) is 0 Å². The predicted molar refractivity (Wildman–Crippen MR) is 114 cm³/mol. The van der Waals surface area contributed by atoms with E-state index in [-0.39, 0.29) is 17.6 Å². The Hall–Kier alpha value is -3.06. The van der Waals surface area contributed by atoms with Crippen molar-refractivity contribution < 1.29 is 19.0 Å². The van der Waals surface area contributed by atoms with Crippen molar-refractivity contribution in [3.8, 4) is 11.5 Å². The number of hydrogen-bond acceptors (Lipinski definition) is 5. The third-order valence-electron chi connectivity index (χ3n) is 5.04. The van der Waals surface area contributed by atoms with Gasteiger partial charge in [-0.15, -0.1) is 0 Å². The summed E-state index contributed by atoms with van der Waals surface area (Å²) in [4.78, 5) is 27.0. The van der Waals surface area contributed by atoms with Crippen LogP contribution in [-0.4, -0.2) is 48.3 Å². The molecule has 2 heterocycles. The number of rotatable bonds is 9. The first-order valence-corrected chi connectivity index (χ1v) is 10.00. The lowest BCUT2D eigenvalue weighted by Gasteiger charge is -2.26. The van der Waals surface area contributed by atoms with Crippen molar-refractivity contribution in [2.45, 2.75) is 25.5 Å². The average molecular weight is 412 g/mol. The number of carbonyl (C=O) groups excluding carboxylic acids is 1. The minimum Gasteiger partial charge on any atom is -0.493 e. The SMILES string of the molecule is C=CCOc1ccc(CN(CC2CCCO2)C(=O)c2ccn(C)c(=O)c2)cc1OC. The molecule has 160 valence electrons. The van der Waals surface area contributed by atoms with E-state index in [4.69, 9.17) is 14.2 Å². The normalized spacial score (nSPS) is 15.6. The fourth-order valence-electron chi connectivity index (χ4n) is 3.42. The molecule has 0 saturated carbocycles. The number of nitrogens with zero attached hydrogens (tertiary/aromatic N) is 2. The van der Waals surface area contributed by atoms with Crippen molar-refractivity contribution in [3.63, 3.8) is 0 Å². The Labute approximate surface area is 176 Å². The number of methoxy groups -OCH3 is 1. The van der Waals surface area contributed by atoms with E-state index in [1.807, 2.05) is 18.2 Å². The highest BCUT2D eigenvalue weighted by molar-refractivity contribution is 5.94. The maximum Gasteiger partial charge on any atom is 0.254 e. The summed E-state index contributed by atoms with van der Waals surface area (Å²) in [6, 6.07) is 8.63. The van der Waals surface area contributed by atoms with Gasteiger partial charge in [-0.05, 0) is 36.6 Å². The van der Waals surface area contributed by atoms with Crippen LogP contribution in [0.25, 0.3) is 0 Å². The fraction of sp³-hybridized carbons (Fsp3) is 0.391. The number of amides is 1. The van der Waals surface area contributed by atoms with E-state index < -0.39 is 0 Å². The van der Waals surface area contributed by atoms with E-state index in [1.54, 1.807) is 37.4 Å². The molecule has 1 amide bonds. The molecule has 0 bridgehead atoms. The first-order chi connectivity index (χ1) is 14.5. The van der Waals surface area contributed by atoms with Crippen LogP contribution in [0.5, 0.6) is 11.5 Å². The molecule has 1 unspecified atom stereocenters. The second-order valence-corrected chi connectivity index (χ2v) is 7.27. The Bertz CT molecular complexity index is 947. The van der Waals surface area contributed by atoms with Gasteiger partial charge in [0.05, 0.1) is 13.2 Å². The van der Waals surface area contributed by atoms with Crippen LogP contribution < -0.4 is 15.0 Å². The van der Waals surface area contributed by atoms with E-state index in [1.165, 1.54) is 10.6 Å². The van der Waals surface area contributed by atoms with Crippen LogP contribution in [0, 0.1) is 0 Å². The summed E-state index contributed by atoms with van der Waals surface area (Å²) in [7, 11) is 3.23. The number of aromatic nitrogens is 1. The molecule has 7 heteroatoms. The smallest absolute Gasteiger partial charge is 0.254 e. The molecular weight excluding hydrogens is 384 g/mol. The van der Waals surface area contributed by atoms with Crippen LogP contribution in [0.15, 0.2) is 54.0 Å². The van der Waals surface area contributed by atoms with Crippen molar-refractivity contribution in [2.24, 2.45) is 7.05 Å². The first-order valence-electron chi connectivity index (χ1n) is 10.00. The van der Waals surface area contributed by atoms with Crippen molar-refractivity contribution in [2.75, 3.05) is 26.9 Å². The summed E-state index contributed by atoms with van der Waals surface area (Å²) in [6.45, 7) is 5.57. The molecule has 30 heavy (non-hydrogen) atoms. The number of aryl methyl sites for hydroxylation is 1. The molecule has 3 rings (SSSR count). The molecule has 1 aromatic heterocycles. The van der Waals surface area contributed by atoms with Gasteiger partial charge in [-0.2, -0.15) is 0 Å². The van der Waals surface area contributed by atoms with E-state index in [9.17, 15) is 9.59 Å². The lowest BCUT2D eigenvalue weighted by molar-refractivity contribution is 0.0507. The Balaban J connectivity index is 1.84. The van der Waals surface area contributed by atoms with Crippen LogP contribution >= 0.6 is 0 Å². The third-order valence-corrected chi connectivity index (χ3v) is 5.04. The van der Waals surface area contributed by atoms with Gasteiger partial charge in [0.1, 0.15) is 6.61 Å². The van der Waals surface area contributed by atoms with Gasteiger partial charge in [0.2, 0.25) is 0 Å². The molecule has 1 saturated heterocycles. The number of carbonyl (C=O) groups is 1. The standard InChI is InChI=1S/C23H28N2O5/c1-4-11-30-20-8-7-17(13-21(20)28-3)15-25(16-19-6-5-12-29-19)23(27)18-9-10-24(2)22(26)14-18/h4,7-10,13-14,19H,1,5-6,11-12,15-16H2,2-3H3. The summed E-state index contributed by atoms with van der Waals surface area (Å²) in [6.07, 6.45) is 5.17. The predicted octanol–water partition coefficient (Wildman–Crippen LogP) is 2.78. The van der Waals surface area contributed by atoms with Crippen molar-refractivity contribution in [1.29, 1.82) is 0 Å². The first kappa shape index (κ1) is 21.6. The Morgan fingerprint density at radius 3 is 2.83 bits per heavy atom. The van der Waals surface area contributed by atoms with Gasteiger partial charge >= 0.3 is 0 Å². The minimum absolute atomic E-state index is 0.00223. The Morgan fingerprint density at radius 1 is 1.33 bits per heavy atom. The average Bonchev–Trinajstić information content (AvgIpc) is 3.26. The zero-order valence-corrected chi connectivity index (χ0v) is 17.5. The van der Waals surface area contributed by atoms with Gasteiger partial charge in [0.15, 0.2) is 11.5 Å². The molecule has 1 aliphatic rings. The molecule has 7 nitrogen and oxygen atoms in total. The molecule has 1 aromatic carbocycles. The second kappa shape index (κ2) is 10.1. The lowest BCUT2D eigenvalue weighted by Crippen LogP contribution is -2.37. The summed E-state index contributed by atoms with van der Waals surface area (Å²) in [5.41, 5.74) is 1.05. The van der Waals surface area contributed by atoms with Crippen molar-refractivity contribution in [3.05, 3.63) is 70.7 Å². The lowest BCUT2D eigenvalue weighted by atomic mass is 10.1. The summed E-state index contributed by atoms with van der Waals surface area (Å²) in [5, 5.41) is 0. The van der Waals surface area contributed by atoms with E-state index in [0.717, 1.165) is 18.4 Å². The van der Waals surface area contributed by atoms with Crippen LogP contribution in [0.4, 0.5) is 0 Å². The number of pyridine rings is 1. The monoisotopic (exact) mass is 412 g/mol. The highest BCUT2D eigenvalue weighted by Gasteiger charge is 2.24. The molecule has 2 aromatic rings. The van der Waals surface area contributed by atoms with Crippen LogP contribution in [-0.2, 0) is 18.3 Å². The highest BCUT2D eigenvalue weighted by Crippen LogP contribution is 2.29. The maximum atomic E-state index is 13.2. The van der Waals surface area contributed by atoms with Gasteiger partial charge < -0.3 is 23.7 Å². The molecular formula is C23H28N2O5. The Kier molecular flexibility index (Phi) is 7.30. The number of benzene rings is 1. The number of ether oxygens (including phenoxy) is 3. The maximum absolute atomic E-state index is 13.2. The Morgan fingerprint density at radius 2 is 2.17 bits per heavy atom. The van der Waals surface area contributed by atoms with Gasteiger partial charge in [-0.1, -0.05) is 18.7 Å². The molecule has 0 aliphatic carbocycles. The largest absolute Gasteiger partial charge is 0.493 e. The molecule has 0 N–H and O–H groups in total. The molecule has 1 fully saturated rings. The van der Waals surface area contributed by atoms with E-state index in [0.29, 0.717) is 43.4 Å². The minimum atomic E-state index is -0.219. The number of hydrogen-bond donors (Lipinski definition) is 0. The van der Waals surface area contributed by atoms with Gasteiger partial charge in [-0.25, -0.2) is 0 Å². The van der Waals surface area contributed by atoms with Gasteiger partial charge in [0, 0.05) is 44.6 Å². The molecule has 1 atom stereocenters. The van der Waals surface area contributed by atoms with Gasteiger partial charge in [0.25, 0.3) is 11.5 Å². The van der Waals surface area contributed by atoms with Crippen molar-refractivity contribution in [1.82, 2.24) is 9.47 Å². The highest BCUT2D eigenvalue weighted by atomic mass is 16.5. The van der Waals surface area contributed by atoms with E-state index in [2.05, 4.69) is 6.58 Å². The summed E-state index contributed by atoms with van der Waals surface area (Å²) in [5.74, 6) is 1.01. The summed E-state index contributed by atoms with van der Waals surface area (Å²) >= 11 is 0. The molecule has 0 radical (unpaired) electrons. The third kappa shape index (κ3) is 5.30. The van der Waals surface area contributed by atoms with E-state index >= 15 is 0 Å². The molecule has 1 aliphatic heterocycles. The van der Waals surface area contributed by atoms with Gasteiger partial charge in [-0.3, -0.25) is 9.59 Å². The topological polar surface area (TPSA) is 70.0 Å². The zero-order chi connectivity index (χ0) is 21.5. The van der Waals surface area contributed by atoms with Crippen LogP contribution in [0.1, 0.15) is 28.8 Å².